The van der Waals surface area contributed by atoms with Gasteiger partial charge < -0.3 is 10.2 Å². The molecule has 3 rings (SSSR count). The molecule has 0 heterocycles. The molecule has 0 amide bonds. The van der Waals surface area contributed by atoms with E-state index in [-0.39, 0.29) is 22.6 Å². The summed E-state index contributed by atoms with van der Waals surface area (Å²) in [5, 5.41) is 21.3. The van der Waals surface area contributed by atoms with Gasteiger partial charge >= 0.3 is 0 Å². The summed E-state index contributed by atoms with van der Waals surface area (Å²) in [6.07, 6.45) is 1.84. The monoisotopic (exact) mass is 365 g/mol. The van der Waals surface area contributed by atoms with Gasteiger partial charge in [-0.05, 0) is 33.6 Å². The van der Waals surface area contributed by atoms with Crippen LogP contribution in [-0.2, 0) is 17.3 Å². The molecule has 0 unspecified atom stereocenters. The van der Waals surface area contributed by atoms with Gasteiger partial charge in [-0.3, -0.25) is 4.99 Å². The van der Waals surface area contributed by atoms with Gasteiger partial charge in [0.05, 0.1) is 6.10 Å². The van der Waals surface area contributed by atoms with Gasteiger partial charge in [0.1, 0.15) is 11.8 Å². The number of aliphatic hydroxyl groups is 1. The summed E-state index contributed by atoms with van der Waals surface area (Å²) in [6.45, 7) is 12.8. The van der Waals surface area contributed by atoms with Crippen molar-refractivity contribution in [1.82, 2.24) is 0 Å². The van der Waals surface area contributed by atoms with Crippen LogP contribution in [0.15, 0.2) is 41.4 Å². The lowest BCUT2D eigenvalue weighted by Gasteiger charge is -2.27. The summed E-state index contributed by atoms with van der Waals surface area (Å²) in [4.78, 5) is 4.69. The molecule has 3 nitrogen and oxygen atoms in total. The van der Waals surface area contributed by atoms with Gasteiger partial charge in [0.25, 0.3) is 0 Å². The zero-order valence-corrected chi connectivity index (χ0v) is 17.2. The van der Waals surface area contributed by atoms with E-state index in [1.807, 2.05) is 30.3 Å². The number of hydrogen-bond acceptors (Lipinski definition) is 3. The second-order valence-electron chi connectivity index (χ2n) is 9.65. The number of hydrogen-bond donors (Lipinski definition) is 2. The predicted molar refractivity (Wildman–Crippen MR) is 112 cm³/mol. The molecule has 2 N–H and O–H groups in total. The van der Waals surface area contributed by atoms with E-state index in [1.54, 1.807) is 6.21 Å². The smallest absolute Gasteiger partial charge is 0.128 e. The lowest BCUT2D eigenvalue weighted by atomic mass is 9.79. The van der Waals surface area contributed by atoms with E-state index in [0.717, 1.165) is 16.7 Å². The summed E-state index contributed by atoms with van der Waals surface area (Å²) in [5.74, 6) is 0.278. The molecule has 27 heavy (non-hydrogen) atoms. The second kappa shape index (κ2) is 6.79. The van der Waals surface area contributed by atoms with E-state index in [0.29, 0.717) is 12.0 Å². The van der Waals surface area contributed by atoms with Crippen molar-refractivity contribution in [2.45, 2.75) is 70.9 Å². The van der Waals surface area contributed by atoms with E-state index in [4.69, 9.17) is 0 Å². The van der Waals surface area contributed by atoms with Crippen molar-refractivity contribution >= 4 is 6.21 Å². The van der Waals surface area contributed by atoms with Crippen LogP contribution >= 0.6 is 0 Å². The Balaban J connectivity index is 2.05. The molecular weight excluding hydrogens is 334 g/mol. The highest BCUT2D eigenvalue weighted by Crippen LogP contribution is 2.38. The van der Waals surface area contributed by atoms with E-state index in [9.17, 15) is 10.2 Å². The Bertz CT molecular complexity index is 869. The van der Waals surface area contributed by atoms with E-state index >= 15 is 0 Å². The SMILES string of the molecule is CC(C)(C)c1cc(C=N[C@H]2c3ccccc3C[C@H]2O)c(O)c(C(C)(C)C)c1. The Kier molecular flexibility index (Phi) is 4.94. The lowest BCUT2D eigenvalue weighted by Crippen LogP contribution is -2.17. The third-order valence-electron chi connectivity index (χ3n) is 5.35. The summed E-state index contributed by atoms with van der Waals surface area (Å²) in [6, 6.07) is 11.9. The zero-order valence-electron chi connectivity index (χ0n) is 17.2. The van der Waals surface area contributed by atoms with E-state index in [2.05, 4.69) is 52.6 Å². The van der Waals surface area contributed by atoms with Crippen molar-refractivity contribution in [1.29, 1.82) is 0 Å². The van der Waals surface area contributed by atoms with Crippen molar-refractivity contribution in [2.24, 2.45) is 4.99 Å². The fourth-order valence-corrected chi connectivity index (χ4v) is 3.65. The first-order valence-electron chi connectivity index (χ1n) is 9.65. The van der Waals surface area contributed by atoms with Crippen LogP contribution in [0.4, 0.5) is 0 Å². The first-order chi connectivity index (χ1) is 12.5. The van der Waals surface area contributed by atoms with Gasteiger partial charge in [0, 0.05) is 23.8 Å². The molecule has 2 atom stereocenters. The molecule has 0 fully saturated rings. The first-order valence-corrected chi connectivity index (χ1v) is 9.65. The molecule has 0 aromatic heterocycles. The Morgan fingerprint density at radius 3 is 2.30 bits per heavy atom. The molecule has 0 bridgehead atoms. The third kappa shape index (κ3) is 3.93. The number of benzene rings is 2. The van der Waals surface area contributed by atoms with Crippen LogP contribution in [0.3, 0.4) is 0 Å². The van der Waals surface area contributed by atoms with Crippen LogP contribution in [0.2, 0.25) is 0 Å². The van der Waals surface area contributed by atoms with Crippen molar-refractivity contribution in [3.63, 3.8) is 0 Å². The van der Waals surface area contributed by atoms with Gasteiger partial charge in [-0.1, -0.05) is 71.9 Å². The number of fused-ring (bicyclic) bond motifs is 1. The van der Waals surface area contributed by atoms with E-state index in [1.165, 1.54) is 5.56 Å². The molecular formula is C24H31NO2. The summed E-state index contributed by atoms with van der Waals surface area (Å²) >= 11 is 0. The van der Waals surface area contributed by atoms with Gasteiger partial charge in [0.15, 0.2) is 0 Å². The summed E-state index contributed by atoms with van der Waals surface area (Å²) < 4.78 is 0. The van der Waals surface area contributed by atoms with Crippen molar-refractivity contribution < 1.29 is 10.2 Å². The normalized spacial score (nSPS) is 20.3. The molecule has 1 aliphatic rings. The number of nitrogens with zero attached hydrogens (tertiary/aromatic N) is 1. The molecule has 3 heteroatoms. The predicted octanol–water partition coefficient (Wildman–Crippen LogP) is 5.06. The summed E-state index contributed by atoms with van der Waals surface area (Å²) in [7, 11) is 0. The number of rotatable bonds is 2. The fraction of sp³-hybridized carbons (Fsp3) is 0.458. The molecule has 0 spiro atoms. The number of aliphatic hydroxyl groups excluding tert-OH is 1. The largest absolute Gasteiger partial charge is 0.507 e. The van der Waals surface area contributed by atoms with Crippen molar-refractivity contribution in [2.75, 3.05) is 0 Å². The quantitative estimate of drug-likeness (QED) is 0.731. The van der Waals surface area contributed by atoms with Crippen LogP contribution in [0.25, 0.3) is 0 Å². The molecule has 0 radical (unpaired) electrons. The van der Waals surface area contributed by atoms with Crippen LogP contribution < -0.4 is 0 Å². The van der Waals surface area contributed by atoms with E-state index < -0.39 is 6.10 Å². The number of phenols is 1. The molecule has 1 aliphatic carbocycles. The lowest BCUT2D eigenvalue weighted by molar-refractivity contribution is 0.159. The fourth-order valence-electron chi connectivity index (χ4n) is 3.65. The molecule has 0 aliphatic heterocycles. The molecule has 0 saturated carbocycles. The average molecular weight is 366 g/mol. The maximum Gasteiger partial charge on any atom is 0.128 e. The standard InChI is InChI=1S/C24H31NO2/c1-23(2,3)17-11-16(22(27)19(13-17)24(4,5)6)14-25-21-18-10-8-7-9-15(18)12-20(21)26/h7-11,13-14,20-21,26-27H,12H2,1-6H3/t20-,21+/m1/s1. The second-order valence-corrected chi connectivity index (χ2v) is 9.65. The van der Waals surface area contributed by atoms with Gasteiger partial charge in [-0.15, -0.1) is 0 Å². The molecule has 144 valence electrons. The minimum absolute atomic E-state index is 0.0320. The average Bonchev–Trinajstić information content (AvgIpc) is 2.87. The highest BCUT2D eigenvalue weighted by molar-refractivity contribution is 5.85. The molecule has 2 aromatic carbocycles. The summed E-state index contributed by atoms with van der Waals surface area (Å²) in [5.41, 5.74) is 4.81. The first kappa shape index (κ1) is 19.6. The zero-order chi connectivity index (χ0) is 20.0. The van der Waals surface area contributed by atoms with Crippen LogP contribution in [-0.4, -0.2) is 22.5 Å². The van der Waals surface area contributed by atoms with Gasteiger partial charge in [-0.25, -0.2) is 0 Å². The van der Waals surface area contributed by atoms with Gasteiger partial charge in [-0.2, -0.15) is 0 Å². The van der Waals surface area contributed by atoms with Crippen LogP contribution in [0, 0.1) is 0 Å². The Labute approximate surface area is 162 Å². The van der Waals surface area contributed by atoms with Crippen molar-refractivity contribution in [3.8, 4) is 5.75 Å². The third-order valence-corrected chi connectivity index (χ3v) is 5.35. The van der Waals surface area contributed by atoms with Crippen LogP contribution in [0.5, 0.6) is 5.75 Å². The minimum atomic E-state index is -0.520. The van der Waals surface area contributed by atoms with Gasteiger partial charge in [0.2, 0.25) is 0 Å². The topological polar surface area (TPSA) is 52.8 Å². The van der Waals surface area contributed by atoms with Crippen molar-refractivity contribution in [3.05, 3.63) is 64.2 Å². The number of aromatic hydroxyl groups is 1. The molecule has 0 saturated heterocycles. The maximum atomic E-state index is 10.9. The Morgan fingerprint density at radius 1 is 1.00 bits per heavy atom. The highest BCUT2D eigenvalue weighted by Gasteiger charge is 2.30. The Hall–Kier alpha value is -2.13. The minimum Gasteiger partial charge on any atom is -0.507 e. The highest BCUT2D eigenvalue weighted by atomic mass is 16.3. The van der Waals surface area contributed by atoms with Crippen LogP contribution in [0.1, 0.15) is 75.4 Å². The Morgan fingerprint density at radius 2 is 1.67 bits per heavy atom. The maximum absolute atomic E-state index is 10.9. The molecule has 2 aromatic rings. The number of phenolic OH excluding ortho intramolecular Hbond substituents is 1. The number of aliphatic imine (C=N–C) groups is 1.